The van der Waals surface area contributed by atoms with Gasteiger partial charge in [-0.05, 0) is 30.4 Å². The molecule has 0 aromatic heterocycles. The van der Waals surface area contributed by atoms with Gasteiger partial charge in [0.05, 0.1) is 0 Å². The van der Waals surface area contributed by atoms with Crippen molar-refractivity contribution in [2.24, 2.45) is 5.92 Å². The largest absolute Gasteiger partial charge is 0.204 e. The molecule has 0 radical (unpaired) electrons. The van der Waals surface area contributed by atoms with Gasteiger partial charge in [-0.3, -0.25) is 0 Å². The second-order valence-corrected chi connectivity index (χ2v) is 6.20. The summed E-state index contributed by atoms with van der Waals surface area (Å²) in [5.74, 6) is -0.678. The normalized spacial score (nSPS) is 18.5. The maximum atomic E-state index is 13.5. The van der Waals surface area contributed by atoms with Gasteiger partial charge in [-0.1, -0.05) is 53.7 Å². The van der Waals surface area contributed by atoms with Crippen molar-refractivity contribution in [3.05, 3.63) is 35.4 Å². The summed E-state index contributed by atoms with van der Waals surface area (Å²) in [5, 5.41) is 0. The van der Waals surface area contributed by atoms with Crippen LogP contribution in [-0.4, -0.2) is 4.83 Å². The van der Waals surface area contributed by atoms with E-state index in [4.69, 9.17) is 0 Å². The molecule has 1 aliphatic rings. The van der Waals surface area contributed by atoms with E-state index in [0.717, 1.165) is 12.3 Å². The fourth-order valence-corrected chi connectivity index (χ4v) is 3.51. The molecule has 1 aromatic carbocycles. The number of benzene rings is 1. The number of alkyl halides is 1. The third kappa shape index (κ3) is 3.51. The molecule has 0 nitrogen and oxygen atoms in total. The van der Waals surface area contributed by atoms with Crippen LogP contribution in [0.1, 0.15) is 37.7 Å². The standard InChI is InChI=1S/C14H17BrF2/c15-12(8-10-4-1-2-5-10)9-11-6-3-7-13(16)14(11)17/h3,6-7,10,12H,1-2,4-5,8-9H2. The van der Waals surface area contributed by atoms with Gasteiger partial charge in [-0.2, -0.15) is 0 Å². The third-order valence-corrected chi connectivity index (χ3v) is 4.23. The zero-order chi connectivity index (χ0) is 12.3. The summed E-state index contributed by atoms with van der Waals surface area (Å²) in [5.41, 5.74) is 0.477. The zero-order valence-electron chi connectivity index (χ0n) is 9.76. The minimum atomic E-state index is -0.747. The monoisotopic (exact) mass is 302 g/mol. The molecule has 0 saturated heterocycles. The van der Waals surface area contributed by atoms with Gasteiger partial charge in [0.2, 0.25) is 0 Å². The second-order valence-electron chi connectivity index (χ2n) is 4.90. The van der Waals surface area contributed by atoms with Crippen molar-refractivity contribution in [2.75, 3.05) is 0 Å². The van der Waals surface area contributed by atoms with Gasteiger partial charge in [0.15, 0.2) is 11.6 Å². The van der Waals surface area contributed by atoms with E-state index >= 15 is 0 Å². The molecule has 0 N–H and O–H groups in total. The molecule has 1 fully saturated rings. The van der Waals surface area contributed by atoms with Gasteiger partial charge in [-0.15, -0.1) is 0 Å². The van der Waals surface area contributed by atoms with E-state index < -0.39 is 11.6 Å². The summed E-state index contributed by atoms with van der Waals surface area (Å²) < 4.78 is 26.5. The summed E-state index contributed by atoms with van der Waals surface area (Å²) >= 11 is 3.59. The first-order chi connectivity index (χ1) is 8.16. The molecule has 1 aliphatic carbocycles. The van der Waals surface area contributed by atoms with Crippen LogP contribution in [0, 0.1) is 17.6 Å². The number of halogens is 3. The van der Waals surface area contributed by atoms with E-state index in [2.05, 4.69) is 15.9 Å². The predicted molar refractivity (Wildman–Crippen MR) is 69.4 cm³/mol. The van der Waals surface area contributed by atoms with Crippen LogP contribution in [0.5, 0.6) is 0 Å². The fourth-order valence-electron chi connectivity index (χ4n) is 2.64. The minimum Gasteiger partial charge on any atom is -0.204 e. The van der Waals surface area contributed by atoms with E-state index in [1.165, 1.54) is 31.7 Å². The second kappa shape index (κ2) is 5.94. The summed E-state index contributed by atoms with van der Waals surface area (Å²) in [7, 11) is 0. The average molecular weight is 303 g/mol. The summed E-state index contributed by atoms with van der Waals surface area (Å²) in [4.78, 5) is 0.252. The molecule has 0 spiro atoms. The van der Waals surface area contributed by atoms with E-state index in [1.54, 1.807) is 12.1 Å². The van der Waals surface area contributed by atoms with E-state index in [9.17, 15) is 8.78 Å². The average Bonchev–Trinajstić information content (AvgIpc) is 2.77. The topological polar surface area (TPSA) is 0 Å². The summed E-state index contributed by atoms with van der Waals surface area (Å²) in [6.07, 6.45) is 6.84. The van der Waals surface area contributed by atoms with Crippen LogP contribution in [0.2, 0.25) is 0 Å². The summed E-state index contributed by atoms with van der Waals surface area (Å²) in [6.45, 7) is 0. The highest BCUT2D eigenvalue weighted by molar-refractivity contribution is 9.09. The molecule has 0 amide bonds. The molecule has 17 heavy (non-hydrogen) atoms. The molecule has 0 heterocycles. The molecular formula is C14H17BrF2. The van der Waals surface area contributed by atoms with Crippen LogP contribution in [0.15, 0.2) is 18.2 Å². The van der Waals surface area contributed by atoms with Crippen LogP contribution in [-0.2, 0) is 6.42 Å². The molecule has 0 aliphatic heterocycles. The smallest absolute Gasteiger partial charge is 0.162 e. The molecule has 1 unspecified atom stereocenters. The Morgan fingerprint density at radius 2 is 1.94 bits per heavy atom. The van der Waals surface area contributed by atoms with Crippen molar-refractivity contribution in [3.8, 4) is 0 Å². The van der Waals surface area contributed by atoms with Gasteiger partial charge in [0.25, 0.3) is 0 Å². The number of hydrogen-bond donors (Lipinski definition) is 0. The Labute approximate surface area is 110 Å². The molecule has 2 rings (SSSR count). The molecule has 1 saturated carbocycles. The van der Waals surface area contributed by atoms with Crippen LogP contribution < -0.4 is 0 Å². The predicted octanol–water partition coefficient (Wildman–Crippen LogP) is 4.85. The minimum absolute atomic E-state index is 0.252. The number of rotatable bonds is 4. The van der Waals surface area contributed by atoms with Crippen molar-refractivity contribution >= 4 is 15.9 Å². The van der Waals surface area contributed by atoms with Gasteiger partial charge in [0.1, 0.15) is 0 Å². The maximum Gasteiger partial charge on any atom is 0.162 e. The fraction of sp³-hybridized carbons (Fsp3) is 0.571. The highest BCUT2D eigenvalue weighted by Gasteiger charge is 2.20. The molecule has 0 bridgehead atoms. The first-order valence-corrected chi connectivity index (χ1v) is 7.15. The quantitative estimate of drug-likeness (QED) is 0.697. The Morgan fingerprint density at radius 3 is 2.65 bits per heavy atom. The maximum absolute atomic E-state index is 13.5. The van der Waals surface area contributed by atoms with E-state index in [1.807, 2.05) is 0 Å². The van der Waals surface area contributed by atoms with Crippen molar-refractivity contribution in [3.63, 3.8) is 0 Å². The Morgan fingerprint density at radius 1 is 1.24 bits per heavy atom. The third-order valence-electron chi connectivity index (χ3n) is 3.54. The van der Waals surface area contributed by atoms with Crippen LogP contribution in [0.3, 0.4) is 0 Å². The first kappa shape index (κ1) is 13.0. The summed E-state index contributed by atoms with van der Waals surface area (Å²) in [6, 6.07) is 4.41. The lowest BCUT2D eigenvalue weighted by atomic mass is 9.98. The van der Waals surface area contributed by atoms with Crippen LogP contribution in [0.25, 0.3) is 0 Å². The first-order valence-electron chi connectivity index (χ1n) is 6.23. The lowest BCUT2D eigenvalue weighted by Gasteiger charge is -2.15. The SMILES string of the molecule is Fc1cccc(CC(Br)CC2CCCC2)c1F. The van der Waals surface area contributed by atoms with Crippen molar-refractivity contribution < 1.29 is 8.78 Å². The highest BCUT2D eigenvalue weighted by Crippen LogP contribution is 2.31. The number of hydrogen-bond acceptors (Lipinski definition) is 0. The Balaban J connectivity index is 1.93. The van der Waals surface area contributed by atoms with Crippen molar-refractivity contribution in [1.82, 2.24) is 0 Å². The highest BCUT2D eigenvalue weighted by atomic mass is 79.9. The van der Waals surface area contributed by atoms with Gasteiger partial charge in [0, 0.05) is 4.83 Å². The van der Waals surface area contributed by atoms with Gasteiger partial charge in [-0.25, -0.2) is 8.78 Å². The van der Waals surface area contributed by atoms with Crippen LogP contribution >= 0.6 is 15.9 Å². The zero-order valence-corrected chi connectivity index (χ0v) is 11.3. The molecule has 1 aromatic rings. The Bertz CT molecular complexity index is 372. The molecule has 3 heteroatoms. The van der Waals surface area contributed by atoms with Crippen molar-refractivity contribution in [2.45, 2.75) is 43.4 Å². The van der Waals surface area contributed by atoms with E-state index in [-0.39, 0.29) is 4.83 Å². The molecule has 1 atom stereocenters. The molecule has 94 valence electrons. The molecular weight excluding hydrogens is 286 g/mol. The Kier molecular flexibility index (Phi) is 4.55. The lowest BCUT2D eigenvalue weighted by Crippen LogP contribution is -2.10. The van der Waals surface area contributed by atoms with E-state index in [0.29, 0.717) is 12.0 Å². The van der Waals surface area contributed by atoms with Gasteiger partial charge >= 0.3 is 0 Å². The van der Waals surface area contributed by atoms with Crippen LogP contribution in [0.4, 0.5) is 8.78 Å². The Hall–Kier alpha value is -0.440. The van der Waals surface area contributed by atoms with Gasteiger partial charge < -0.3 is 0 Å². The van der Waals surface area contributed by atoms with Crippen molar-refractivity contribution in [1.29, 1.82) is 0 Å². The lowest BCUT2D eigenvalue weighted by molar-refractivity contribution is 0.477.